The molecule has 1 aromatic carbocycles. The van der Waals surface area contributed by atoms with Crippen LogP contribution in [-0.2, 0) is 0 Å². The zero-order valence-electron chi connectivity index (χ0n) is 13.4. The van der Waals surface area contributed by atoms with E-state index in [-0.39, 0.29) is 6.61 Å². The van der Waals surface area contributed by atoms with E-state index in [9.17, 15) is 5.11 Å². The molecule has 1 aliphatic heterocycles. The van der Waals surface area contributed by atoms with E-state index < -0.39 is 0 Å². The molecule has 124 valence electrons. The van der Waals surface area contributed by atoms with Crippen molar-refractivity contribution in [2.45, 2.75) is 6.92 Å². The van der Waals surface area contributed by atoms with Crippen LogP contribution in [0.3, 0.4) is 0 Å². The molecule has 0 bridgehead atoms. The third-order valence-corrected chi connectivity index (χ3v) is 3.96. The summed E-state index contributed by atoms with van der Waals surface area (Å²) in [5.74, 6) is 1.51. The highest BCUT2D eigenvalue weighted by atomic mass is 35.5. The number of rotatable bonds is 4. The van der Waals surface area contributed by atoms with Crippen LogP contribution in [0.15, 0.2) is 65.6 Å². The molecular formula is C18H19ClN4O. The first-order valence-corrected chi connectivity index (χ1v) is 8.06. The Bertz CT molecular complexity index is 883. The molecule has 5 nitrogen and oxygen atoms in total. The minimum atomic E-state index is -0.137. The SMILES string of the molecule is C=C1C(CO)=C(Nc2cccc(Cl)c2)Nc2cc(=NCC)ccn21. The number of halogens is 1. The molecule has 2 aromatic rings. The average molecular weight is 343 g/mol. The fourth-order valence-corrected chi connectivity index (χ4v) is 2.77. The van der Waals surface area contributed by atoms with Gasteiger partial charge in [-0.2, -0.15) is 0 Å². The van der Waals surface area contributed by atoms with Gasteiger partial charge in [-0.25, -0.2) is 0 Å². The molecule has 2 heterocycles. The Hall–Kier alpha value is -2.50. The van der Waals surface area contributed by atoms with Crippen molar-refractivity contribution in [3.05, 3.63) is 70.9 Å². The number of hydrogen-bond acceptors (Lipinski definition) is 4. The first kappa shape index (κ1) is 16.4. The molecule has 0 unspecified atom stereocenters. The molecule has 1 aromatic heterocycles. The number of aromatic nitrogens is 1. The summed E-state index contributed by atoms with van der Waals surface area (Å²) in [4.78, 5) is 4.41. The molecule has 0 atom stereocenters. The van der Waals surface area contributed by atoms with Gasteiger partial charge in [-0.3, -0.25) is 4.99 Å². The number of hydrogen-bond donors (Lipinski definition) is 3. The first-order chi connectivity index (χ1) is 11.6. The van der Waals surface area contributed by atoms with Gasteiger partial charge in [-0.05, 0) is 31.2 Å². The lowest BCUT2D eigenvalue weighted by molar-refractivity contribution is 0.334. The minimum Gasteiger partial charge on any atom is -0.391 e. The highest BCUT2D eigenvalue weighted by molar-refractivity contribution is 6.30. The fourth-order valence-electron chi connectivity index (χ4n) is 2.58. The molecular weight excluding hydrogens is 324 g/mol. The van der Waals surface area contributed by atoms with Gasteiger partial charge in [0.05, 0.1) is 12.0 Å². The maximum atomic E-state index is 9.77. The molecule has 6 heteroatoms. The van der Waals surface area contributed by atoms with Crippen LogP contribution in [0.4, 0.5) is 11.5 Å². The van der Waals surface area contributed by atoms with E-state index >= 15 is 0 Å². The van der Waals surface area contributed by atoms with Crippen LogP contribution in [0.5, 0.6) is 0 Å². The highest BCUT2D eigenvalue weighted by Crippen LogP contribution is 2.29. The van der Waals surface area contributed by atoms with Gasteiger partial charge in [0, 0.05) is 40.8 Å². The smallest absolute Gasteiger partial charge is 0.118 e. The van der Waals surface area contributed by atoms with E-state index in [0.29, 0.717) is 22.1 Å². The summed E-state index contributed by atoms with van der Waals surface area (Å²) >= 11 is 6.04. The summed E-state index contributed by atoms with van der Waals surface area (Å²) in [6.07, 6.45) is 1.89. The molecule has 0 amide bonds. The number of aliphatic hydroxyl groups excluding tert-OH is 1. The molecule has 3 rings (SSSR count). The van der Waals surface area contributed by atoms with E-state index in [0.717, 1.165) is 23.4 Å². The van der Waals surface area contributed by atoms with Crippen LogP contribution < -0.4 is 16.0 Å². The standard InChI is InChI=1S/C18H19ClN4O/c1-3-20-14-7-8-23-12(2)16(11-24)18(22-17(23)10-14)21-15-6-4-5-13(19)9-15/h4-10,21-22,24H,2-3,11H2,1H3. The van der Waals surface area contributed by atoms with Crippen molar-refractivity contribution in [3.8, 4) is 0 Å². The van der Waals surface area contributed by atoms with Crippen molar-refractivity contribution in [2.75, 3.05) is 23.8 Å². The number of nitrogens with one attached hydrogen (secondary N) is 2. The van der Waals surface area contributed by atoms with E-state index in [1.807, 2.05) is 54.1 Å². The van der Waals surface area contributed by atoms with E-state index in [4.69, 9.17) is 11.6 Å². The number of pyridine rings is 1. The third kappa shape index (κ3) is 3.22. The molecule has 0 radical (unpaired) electrons. The molecule has 3 N–H and O–H groups in total. The summed E-state index contributed by atoms with van der Waals surface area (Å²) < 4.78 is 1.89. The second-order valence-corrected chi connectivity index (χ2v) is 5.77. The van der Waals surface area contributed by atoms with E-state index in [2.05, 4.69) is 22.2 Å². The molecule has 0 saturated heterocycles. The van der Waals surface area contributed by atoms with Gasteiger partial charge in [-0.1, -0.05) is 24.2 Å². The zero-order valence-corrected chi connectivity index (χ0v) is 14.1. The van der Waals surface area contributed by atoms with Gasteiger partial charge in [0.25, 0.3) is 0 Å². The summed E-state index contributed by atoms with van der Waals surface area (Å²) in [5.41, 5.74) is 2.22. The van der Waals surface area contributed by atoms with Crippen LogP contribution in [0.2, 0.25) is 5.02 Å². The monoisotopic (exact) mass is 342 g/mol. The molecule has 0 saturated carbocycles. The molecule has 0 aliphatic carbocycles. The summed E-state index contributed by atoms with van der Waals surface area (Å²) in [6.45, 7) is 6.68. The van der Waals surface area contributed by atoms with Crippen LogP contribution in [0.1, 0.15) is 6.92 Å². The summed E-state index contributed by atoms with van der Waals surface area (Å²) in [7, 11) is 0. The van der Waals surface area contributed by atoms with Crippen LogP contribution in [0, 0.1) is 0 Å². The van der Waals surface area contributed by atoms with Gasteiger partial charge in [0.2, 0.25) is 0 Å². The Kier molecular flexibility index (Phi) is 4.74. The van der Waals surface area contributed by atoms with Crippen LogP contribution in [-0.4, -0.2) is 22.8 Å². The number of benzene rings is 1. The van der Waals surface area contributed by atoms with Gasteiger partial charge in [0.15, 0.2) is 0 Å². The Balaban J connectivity index is 2.01. The average Bonchev–Trinajstić information content (AvgIpc) is 2.55. The van der Waals surface area contributed by atoms with Crippen molar-refractivity contribution < 1.29 is 5.11 Å². The maximum Gasteiger partial charge on any atom is 0.118 e. The summed E-state index contributed by atoms with van der Waals surface area (Å²) in [5, 5.41) is 17.9. The number of fused-ring (bicyclic) bond motifs is 1. The molecule has 24 heavy (non-hydrogen) atoms. The minimum absolute atomic E-state index is 0.137. The number of anilines is 2. The first-order valence-electron chi connectivity index (χ1n) is 7.69. The van der Waals surface area contributed by atoms with Gasteiger partial charge >= 0.3 is 0 Å². The maximum absolute atomic E-state index is 9.77. The van der Waals surface area contributed by atoms with E-state index in [1.54, 1.807) is 0 Å². The van der Waals surface area contributed by atoms with Gasteiger partial charge in [0.1, 0.15) is 11.6 Å². The van der Waals surface area contributed by atoms with Crippen molar-refractivity contribution >= 4 is 28.8 Å². The predicted molar refractivity (Wildman–Crippen MR) is 98.7 cm³/mol. The second kappa shape index (κ2) is 6.95. The molecule has 0 fully saturated rings. The lowest BCUT2D eigenvalue weighted by Gasteiger charge is -2.28. The number of aliphatic hydroxyl groups is 1. The largest absolute Gasteiger partial charge is 0.391 e. The Morgan fingerprint density at radius 2 is 2.17 bits per heavy atom. The van der Waals surface area contributed by atoms with Crippen LogP contribution >= 0.6 is 11.6 Å². The highest BCUT2D eigenvalue weighted by Gasteiger charge is 2.19. The van der Waals surface area contributed by atoms with Crippen LogP contribution in [0.25, 0.3) is 5.70 Å². The third-order valence-electron chi connectivity index (χ3n) is 3.73. The fraction of sp³-hybridized carbons (Fsp3) is 0.167. The quantitative estimate of drug-likeness (QED) is 0.799. The van der Waals surface area contributed by atoms with Gasteiger partial charge in [-0.15, -0.1) is 0 Å². The van der Waals surface area contributed by atoms with Crippen molar-refractivity contribution in [2.24, 2.45) is 4.99 Å². The van der Waals surface area contributed by atoms with Crippen molar-refractivity contribution in [3.63, 3.8) is 0 Å². The van der Waals surface area contributed by atoms with Crippen molar-refractivity contribution in [1.29, 1.82) is 0 Å². The summed E-state index contributed by atoms with van der Waals surface area (Å²) in [6, 6.07) is 11.3. The Labute approximate surface area is 145 Å². The van der Waals surface area contributed by atoms with Gasteiger partial charge < -0.3 is 20.3 Å². The topological polar surface area (TPSA) is 61.6 Å². The lowest BCUT2D eigenvalue weighted by Crippen LogP contribution is -2.25. The molecule has 1 aliphatic rings. The Morgan fingerprint density at radius 3 is 2.88 bits per heavy atom. The number of nitrogens with zero attached hydrogens (tertiary/aromatic N) is 2. The lowest BCUT2D eigenvalue weighted by atomic mass is 10.1. The second-order valence-electron chi connectivity index (χ2n) is 5.33. The van der Waals surface area contributed by atoms with E-state index in [1.165, 1.54) is 0 Å². The predicted octanol–water partition coefficient (Wildman–Crippen LogP) is 3.27. The van der Waals surface area contributed by atoms with Crippen molar-refractivity contribution in [1.82, 2.24) is 4.57 Å². The zero-order chi connectivity index (χ0) is 17.1. The Morgan fingerprint density at radius 1 is 1.33 bits per heavy atom. The normalized spacial score (nSPS) is 14.5. The molecule has 0 spiro atoms.